The summed E-state index contributed by atoms with van der Waals surface area (Å²) in [6.45, 7) is 5.74. The number of para-hydroxylation sites is 3. The molecule has 38 heavy (non-hydrogen) atoms. The fraction of sp³-hybridized carbons (Fsp3) is 0.241. The van der Waals surface area contributed by atoms with Crippen molar-refractivity contribution in [3.05, 3.63) is 99.2 Å². The number of hydrogen-bond acceptors (Lipinski definition) is 5. The predicted molar refractivity (Wildman–Crippen MR) is 147 cm³/mol. The van der Waals surface area contributed by atoms with Crippen LogP contribution in [0.15, 0.2) is 82.4 Å². The average Bonchev–Trinajstić information content (AvgIpc) is 2.88. The molecule has 1 heterocycles. The summed E-state index contributed by atoms with van der Waals surface area (Å²) in [6.07, 6.45) is 0.179. The summed E-state index contributed by atoms with van der Waals surface area (Å²) >= 11 is 0. The van der Waals surface area contributed by atoms with Gasteiger partial charge < -0.3 is 15.4 Å². The van der Waals surface area contributed by atoms with Gasteiger partial charge in [-0.2, -0.15) is 0 Å². The Hall–Kier alpha value is -4.66. The molecule has 3 aromatic carbocycles. The standard InChI is InChI=1S/C29H30N4O5/c1-4-38-25-12-8-6-10-23(25)31-27(35)18-32-24-11-7-5-9-22(24)28(36)33(29(32)37)21-15-13-20(14-16-21)17-26(34)30-19(2)3/h5-16,19H,4,17-18H2,1-3H3,(H,30,34)(H,31,35). The Bertz CT molecular complexity index is 1590. The van der Waals surface area contributed by atoms with Crippen LogP contribution in [-0.2, 0) is 22.6 Å². The van der Waals surface area contributed by atoms with E-state index in [0.717, 1.165) is 10.1 Å². The quantitative estimate of drug-likeness (QED) is 0.356. The van der Waals surface area contributed by atoms with Gasteiger partial charge >= 0.3 is 5.69 Å². The van der Waals surface area contributed by atoms with Crippen molar-refractivity contribution in [1.29, 1.82) is 0 Å². The molecular formula is C29H30N4O5. The number of fused-ring (bicyclic) bond motifs is 1. The third kappa shape index (κ3) is 5.83. The highest BCUT2D eigenvalue weighted by atomic mass is 16.5. The van der Waals surface area contributed by atoms with Crippen LogP contribution in [0.25, 0.3) is 16.6 Å². The molecule has 1 aromatic heterocycles. The van der Waals surface area contributed by atoms with Gasteiger partial charge in [0.15, 0.2) is 0 Å². The van der Waals surface area contributed by atoms with Crippen molar-refractivity contribution < 1.29 is 14.3 Å². The third-order valence-corrected chi connectivity index (χ3v) is 5.82. The summed E-state index contributed by atoms with van der Waals surface area (Å²) in [5, 5.41) is 5.94. The van der Waals surface area contributed by atoms with Gasteiger partial charge in [-0.15, -0.1) is 0 Å². The molecule has 196 valence electrons. The highest BCUT2D eigenvalue weighted by molar-refractivity contribution is 5.93. The first-order valence-electron chi connectivity index (χ1n) is 12.4. The number of hydrogen-bond donors (Lipinski definition) is 2. The van der Waals surface area contributed by atoms with E-state index in [4.69, 9.17) is 4.74 Å². The van der Waals surface area contributed by atoms with Crippen molar-refractivity contribution in [2.75, 3.05) is 11.9 Å². The lowest BCUT2D eigenvalue weighted by Gasteiger charge is -2.15. The molecule has 0 aliphatic heterocycles. The van der Waals surface area contributed by atoms with Crippen LogP contribution in [-0.4, -0.2) is 33.6 Å². The van der Waals surface area contributed by atoms with Gasteiger partial charge in [0.05, 0.1) is 35.3 Å². The van der Waals surface area contributed by atoms with Crippen LogP contribution in [0.4, 0.5) is 5.69 Å². The van der Waals surface area contributed by atoms with Crippen LogP contribution in [0, 0.1) is 0 Å². The van der Waals surface area contributed by atoms with Crippen LogP contribution in [0.2, 0.25) is 0 Å². The molecule has 2 amide bonds. The lowest BCUT2D eigenvalue weighted by Crippen LogP contribution is -2.40. The molecule has 0 radical (unpaired) electrons. The van der Waals surface area contributed by atoms with Gasteiger partial charge in [0.2, 0.25) is 11.8 Å². The number of ether oxygens (including phenoxy) is 1. The van der Waals surface area contributed by atoms with E-state index in [1.807, 2.05) is 20.8 Å². The molecule has 0 atom stereocenters. The molecule has 4 rings (SSSR count). The molecule has 0 aliphatic rings. The van der Waals surface area contributed by atoms with Gasteiger partial charge in [0.1, 0.15) is 12.3 Å². The number of aromatic nitrogens is 2. The molecule has 0 aliphatic carbocycles. The van der Waals surface area contributed by atoms with Crippen molar-refractivity contribution in [3.63, 3.8) is 0 Å². The van der Waals surface area contributed by atoms with Gasteiger partial charge in [0, 0.05) is 6.04 Å². The smallest absolute Gasteiger partial charge is 0.336 e. The summed E-state index contributed by atoms with van der Waals surface area (Å²) in [4.78, 5) is 52.1. The minimum atomic E-state index is -0.646. The number of carbonyl (C=O) groups excluding carboxylic acids is 2. The number of nitrogens with one attached hydrogen (secondary N) is 2. The van der Waals surface area contributed by atoms with Crippen LogP contribution in [0.1, 0.15) is 26.3 Å². The molecule has 0 fully saturated rings. The van der Waals surface area contributed by atoms with Crippen molar-refractivity contribution in [2.24, 2.45) is 0 Å². The maximum absolute atomic E-state index is 13.6. The number of rotatable bonds is 9. The Morgan fingerprint density at radius 2 is 1.58 bits per heavy atom. The average molecular weight is 515 g/mol. The van der Waals surface area contributed by atoms with E-state index in [2.05, 4.69) is 10.6 Å². The van der Waals surface area contributed by atoms with Crippen LogP contribution < -0.4 is 26.6 Å². The summed E-state index contributed by atoms with van der Waals surface area (Å²) in [5.41, 5.74) is 0.792. The molecule has 0 bridgehead atoms. The van der Waals surface area contributed by atoms with Gasteiger partial charge in [0.25, 0.3) is 5.56 Å². The minimum Gasteiger partial charge on any atom is -0.492 e. The number of carbonyl (C=O) groups is 2. The molecule has 2 N–H and O–H groups in total. The van der Waals surface area contributed by atoms with Crippen molar-refractivity contribution >= 4 is 28.4 Å². The normalized spacial score (nSPS) is 10.9. The summed E-state index contributed by atoms with van der Waals surface area (Å²) < 4.78 is 7.89. The van der Waals surface area contributed by atoms with Crippen LogP contribution in [0.5, 0.6) is 5.75 Å². The number of anilines is 1. The Morgan fingerprint density at radius 1 is 0.895 bits per heavy atom. The number of benzene rings is 3. The van der Waals surface area contributed by atoms with E-state index in [1.54, 1.807) is 72.8 Å². The maximum atomic E-state index is 13.6. The zero-order valence-corrected chi connectivity index (χ0v) is 21.6. The summed E-state index contributed by atoms with van der Waals surface area (Å²) in [5.74, 6) is -0.0382. The second kappa shape index (κ2) is 11.6. The molecule has 0 spiro atoms. The van der Waals surface area contributed by atoms with Crippen LogP contribution in [0.3, 0.4) is 0 Å². The van der Waals surface area contributed by atoms with E-state index in [9.17, 15) is 19.2 Å². The fourth-order valence-electron chi connectivity index (χ4n) is 4.21. The Morgan fingerprint density at radius 3 is 2.29 bits per heavy atom. The largest absolute Gasteiger partial charge is 0.492 e. The van der Waals surface area contributed by atoms with E-state index >= 15 is 0 Å². The SMILES string of the molecule is CCOc1ccccc1NC(=O)Cn1c(=O)n(-c2ccc(CC(=O)NC(C)C)cc2)c(=O)c2ccccc21. The monoisotopic (exact) mass is 514 g/mol. The third-order valence-electron chi connectivity index (χ3n) is 5.82. The molecular weight excluding hydrogens is 484 g/mol. The second-order valence-corrected chi connectivity index (χ2v) is 9.07. The van der Waals surface area contributed by atoms with E-state index < -0.39 is 17.2 Å². The van der Waals surface area contributed by atoms with Gasteiger partial charge in [-0.25, -0.2) is 9.36 Å². The molecule has 0 unspecified atom stereocenters. The Kier molecular flexibility index (Phi) is 8.06. The lowest BCUT2D eigenvalue weighted by molar-refractivity contribution is -0.121. The van der Waals surface area contributed by atoms with E-state index in [0.29, 0.717) is 34.6 Å². The second-order valence-electron chi connectivity index (χ2n) is 9.07. The first kappa shape index (κ1) is 26.4. The van der Waals surface area contributed by atoms with Gasteiger partial charge in [-0.1, -0.05) is 36.4 Å². The molecule has 9 nitrogen and oxygen atoms in total. The Balaban J connectivity index is 1.70. The first-order valence-corrected chi connectivity index (χ1v) is 12.4. The van der Waals surface area contributed by atoms with E-state index in [-0.39, 0.29) is 24.9 Å². The molecule has 9 heteroatoms. The summed E-state index contributed by atoms with van der Waals surface area (Å²) in [6, 6.07) is 20.4. The maximum Gasteiger partial charge on any atom is 0.336 e. The fourth-order valence-corrected chi connectivity index (χ4v) is 4.21. The summed E-state index contributed by atoms with van der Waals surface area (Å²) in [7, 11) is 0. The Labute approximate surface area is 219 Å². The van der Waals surface area contributed by atoms with E-state index in [1.165, 1.54) is 4.57 Å². The van der Waals surface area contributed by atoms with Crippen LogP contribution >= 0.6 is 0 Å². The van der Waals surface area contributed by atoms with Gasteiger partial charge in [-0.3, -0.25) is 19.0 Å². The first-order chi connectivity index (χ1) is 18.3. The van der Waals surface area contributed by atoms with Crippen molar-refractivity contribution in [1.82, 2.24) is 14.5 Å². The van der Waals surface area contributed by atoms with Crippen molar-refractivity contribution in [2.45, 2.75) is 39.8 Å². The predicted octanol–water partition coefficient (Wildman–Crippen LogP) is 3.26. The van der Waals surface area contributed by atoms with Crippen molar-refractivity contribution in [3.8, 4) is 11.4 Å². The van der Waals surface area contributed by atoms with Gasteiger partial charge in [-0.05, 0) is 62.7 Å². The molecule has 4 aromatic rings. The topological polar surface area (TPSA) is 111 Å². The zero-order chi connectivity index (χ0) is 27.2. The highest BCUT2D eigenvalue weighted by Gasteiger charge is 2.17. The highest BCUT2D eigenvalue weighted by Crippen LogP contribution is 2.23. The molecule has 0 saturated carbocycles. The lowest BCUT2D eigenvalue weighted by atomic mass is 10.1. The zero-order valence-electron chi connectivity index (χ0n) is 21.6. The minimum absolute atomic E-state index is 0.0290. The number of nitrogens with zero attached hydrogens (tertiary/aromatic N) is 2. The molecule has 0 saturated heterocycles. The number of amides is 2.